The minimum Gasteiger partial charge on any atom is -0.465 e. The fourth-order valence-corrected chi connectivity index (χ4v) is 3.02. The fourth-order valence-electron chi connectivity index (χ4n) is 2.26. The molecular weight excluding hydrogens is 339 g/mol. The number of methoxy groups -OCH3 is 1. The zero-order valence-corrected chi connectivity index (χ0v) is 14.2. The first-order valence-electron chi connectivity index (χ1n) is 7.50. The molecule has 0 atom stereocenters. The van der Waals surface area contributed by atoms with Gasteiger partial charge in [-0.25, -0.2) is 9.18 Å². The van der Waals surface area contributed by atoms with Gasteiger partial charge in [-0.3, -0.25) is 5.43 Å². The summed E-state index contributed by atoms with van der Waals surface area (Å²) in [6, 6.07) is 17.4. The van der Waals surface area contributed by atoms with Gasteiger partial charge in [-0.15, -0.1) is 11.3 Å². The van der Waals surface area contributed by atoms with Gasteiger partial charge in [0.2, 0.25) is 0 Å². The molecule has 0 saturated heterocycles. The van der Waals surface area contributed by atoms with E-state index in [4.69, 9.17) is 4.74 Å². The third-order valence-electron chi connectivity index (χ3n) is 3.49. The number of ether oxygens (including phenoxy) is 1. The van der Waals surface area contributed by atoms with E-state index in [2.05, 4.69) is 10.5 Å². The predicted octanol–water partition coefficient (Wildman–Crippen LogP) is 4.54. The van der Waals surface area contributed by atoms with Gasteiger partial charge in [0.05, 0.1) is 18.5 Å². The van der Waals surface area contributed by atoms with Crippen molar-refractivity contribution in [1.82, 2.24) is 0 Å². The Hall–Kier alpha value is -2.99. The second-order valence-corrected chi connectivity index (χ2v) is 6.02. The van der Waals surface area contributed by atoms with Crippen molar-refractivity contribution in [3.05, 3.63) is 87.9 Å². The zero-order valence-electron chi connectivity index (χ0n) is 13.4. The van der Waals surface area contributed by atoms with Crippen LogP contribution in [0, 0.1) is 5.82 Å². The molecule has 0 aliphatic rings. The minimum absolute atomic E-state index is 0.310. The first-order valence-corrected chi connectivity index (χ1v) is 8.38. The number of hydrogen-bond donors (Lipinski definition) is 1. The van der Waals surface area contributed by atoms with E-state index in [0.717, 1.165) is 11.1 Å². The molecule has 0 aliphatic carbocycles. The van der Waals surface area contributed by atoms with Crippen molar-refractivity contribution >= 4 is 28.7 Å². The summed E-state index contributed by atoms with van der Waals surface area (Å²) in [7, 11) is 1.34. The van der Waals surface area contributed by atoms with Crippen LogP contribution in [-0.2, 0) is 4.74 Å². The largest absolute Gasteiger partial charge is 0.465 e. The molecule has 1 N–H and O–H groups in total. The van der Waals surface area contributed by atoms with Gasteiger partial charge in [0, 0.05) is 11.1 Å². The molecule has 0 spiro atoms. The van der Waals surface area contributed by atoms with Crippen LogP contribution in [0.4, 0.5) is 10.1 Å². The van der Waals surface area contributed by atoms with Gasteiger partial charge in [0.1, 0.15) is 10.7 Å². The van der Waals surface area contributed by atoms with Crippen molar-refractivity contribution in [2.75, 3.05) is 12.5 Å². The van der Waals surface area contributed by atoms with Crippen LogP contribution in [0.15, 0.2) is 71.1 Å². The first-order chi connectivity index (χ1) is 12.2. The van der Waals surface area contributed by atoms with Crippen LogP contribution >= 0.6 is 11.3 Å². The number of nitrogens with one attached hydrogen (secondary N) is 1. The van der Waals surface area contributed by atoms with E-state index in [1.807, 2.05) is 30.3 Å². The van der Waals surface area contributed by atoms with E-state index in [-0.39, 0.29) is 5.82 Å². The molecule has 1 aromatic heterocycles. The van der Waals surface area contributed by atoms with Crippen LogP contribution in [0.1, 0.15) is 20.8 Å². The Morgan fingerprint density at radius 3 is 2.40 bits per heavy atom. The smallest absolute Gasteiger partial charge is 0.350 e. The second-order valence-electron chi connectivity index (χ2n) is 5.10. The van der Waals surface area contributed by atoms with Crippen molar-refractivity contribution in [1.29, 1.82) is 0 Å². The Kier molecular flexibility index (Phi) is 5.20. The number of halogens is 1. The van der Waals surface area contributed by atoms with E-state index in [1.165, 1.54) is 30.6 Å². The number of hydrazone groups is 1. The quantitative estimate of drug-likeness (QED) is 0.416. The van der Waals surface area contributed by atoms with E-state index in [0.29, 0.717) is 16.3 Å². The van der Waals surface area contributed by atoms with Gasteiger partial charge in [-0.1, -0.05) is 30.3 Å². The molecule has 6 heteroatoms. The molecule has 3 aromatic rings. The first kappa shape index (κ1) is 16.9. The summed E-state index contributed by atoms with van der Waals surface area (Å²) < 4.78 is 18.0. The third kappa shape index (κ3) is 3.92. The molecule has 0 saturated carbocycles. The van der Waals surface area contributed by atoms with E-state index >= 15 is 0 Å². The molecule has 0 fully saturated rings. The summed E-state index contributed by atoms with van der Waals surface area (Å²) >= 11 is 1.27. The zero-order chi connectivity index (χ0) is 17.6. The lowest BCUT2D eigenvalue weighted by molar-refractivity contribution is 0.0607. The van der Waals surface area contributed by atoms with Gasteiger partial charge >= 0.3 is 5.97 Å². The molecule has 0 amide bonds. The lowest BCUT2D eigenvalue weighted by atomic mass is 10.0. The van der Waals surface area contributed by atoms with E-state index in [1.54, 1.807) is 23.6 Å². The molecule has 0 aliphatic heterocycles. The number of carbonyl (C=O) groups is 1. The highest BCUT2D eigenvalue weighted by Gasteiger charge is 2.14. The highest BCUT2D eigenvalue weighted by Crippen LogP contribution is 2.23. The number of benzene rings is 2. The normalized spacial score (nSPS) is 11.2. The fraction of sp³-hybridized carbons (Fsp3) is 0.0526. The number of anilines is 1. The van der Waals surface area contributed by atoms with Crippen LogP contribution in [0.2, 0.25) is 0 Å². The van der Waals surface area contributed by atoms with Crippen LogP contribution in [0.5, 0.6) is 0 Å². The molecule has 25 heavy (non-hydrogen) atoms. The van der Waals surface area contributed by atoms with Crippen molar-refractivity contribution in [2.45, 2.75) is 0 Å². The summed E-state index contributed by atoms with van der Waals surface area (Å²) in [6.45, 7) is 0. The third-order valence-corrected chi connectivity index (χ3v) is 4.38. The average molecular weight is 354 g/mol. The highest BCUT2D eigenvalue weighted by atomic mass is 32.1. The van der Waals surface area contributed by atoms with Gasteiger partial charge in [-0.2, -0.15) is 5.10 Å². The molecular formula is C19H15FN2O2S. The number of thiophene rings is 1. The predicted molar refractivity (Wildman–Crippen MR) is 97.8 cm³/mol. The summed E-state index contributed by atoms with van der Waals surface area (Å²) in [6.07, 6.45) is 0. The topological polar surface area (TPSA) is 50.7 Å². The Bertz CT molecular complexity index is 889. The molecule has 0 bridgehead atoms. The second kappa shape index (κ2) is 7.72. The molecule has 0 unspecified atom stereocenters. The Morgan fingerprint density at radius 2 is 1.72 bits per heavy atom. The SMILES string of the molecule is COC(=O)c1sccc1N/N=C(/c1ccccc1)c1ccc(F)cc1. The Morgan fingerprint density at radius 1 is 1.04 bits per heavy atom. The number of nitrogens with zero attached hydrogens (tertiary/aromatic N) is 1. The van der Waals surface area contributed by atoms with E-state index in [9.17, 15) is 9.18 Å². The van der Waals surface area contributed by atoms with Gasteiger partial charge in [-0.05, 0) is 35.7 Å². The lowest BCUT2D eigenvalue weighted by Gasteiger charge is -2.09. The van der Waals surface area contributed by atoms with Crippen molar-refractivity contribution in [2.24, 2.45) is 5.10 Å². The molecule has 0 radical (unpaired) electrons. The maximum atomic E-state index is 13.2. The summed E-state index contributed by atoms with van der Waals surface area (Å²) in [5.74, 6) is -0.731. The number of hydrogen-bond acceptors (Lipinski definition) is 5. The number of rotatable bonds is 5. The standard InChI is InChI=1S/C19H15FN2O2S/c1-24-19(23)18-16(11-12-25-18)21-22-17(13-5-3-2-4-6-13)14-7-9-15(20)10-8-14/h2-12,21H,1H3/b22-17-. The minimum atomic E-state index is -0.421. The van der Waals surface area contributed by atoms with Crippen molar-refractivity contribution in [3.63, 3.8) is 0 Å². The van der Waals surface area contributed by atoms with Crippen LogP contribution in [0.3, 0.4) is 0 Å². The van der Waals surface area contributed by atoms with Crippen LogP contribution in [0.25, 0.3) is 0 Å². The summed E-state index contributed by atoms with van der Waals surface area (Å²) in [5.41, 5.74) is 5.76. The Balaban J connectivity index is 1.98. The van der Waals surface area contributed by atoms with Gasteiger partial charge in [0.25, 0.3) is 0 Å². The number of carbonyl (C=O) groups excluding carboxylic acids is 1. The molecule has 3 rings (SSSR count). The average Bonchev–Trinajstić information content (AvgIpc) is 3.12. The maximum absolute atomic E-state index is 13.2. The lowest BCUT2D eigenvalue weighted by Crippen LogP contribution is -2.08. The molecule has 126 valence electrons. The van der Waals surface area contributed by atoms with Gasteiger partial charge in [0.15, 0.2) is 0 Å². The molecule has 4 nitrogen and oxygen atoms in total. The van der Waals surface area contributed by atoms with Crippen molar-refractivity contribution < 1.29 is 13.9 Å². The van der Waals surface area contributed by atoms with Crippen molar-refractivity contribution in [3.8, 4) is 0 Å². The summed E-state index contributed by atoms with van der Waals surface area (Å²) in [4.78, 5) is 12.2. The molecule has 2 aromatic carbocycles. The monoisotopic (exact) mass is 354 g/mol. The highest BCUT2D eigenvalue weighted by molar-refractivity contribution is 7.12. The van der Waals surface area contributed by atoms with Crippen LogP contribution in [-0.4, -0.2) is 18.8 Å². The van der Waals surface area contributed by atoms with Gasteiger partial charge < -0.3 is 4.74 Å². The van der Waals surface area contributed by atoms with Crippen LogP contribution < -0.4 is 5.43 Å². The number of esters is 1. The summed E-state index contributed by atoms with van der Waals surface area (Å²) in [5, 5.41) is 6.24. The Labute approximate surface area is 148 Å². The molecule has 1 heterocycles. The van der Waals surface area contributed by atoms with E-state index < -0.39 is 5.97 Å². The maximum Gasteiger partial charge on any atom is 0.350 e.